The molecule has 0 fully saturated rings. The number of carbonyl (C=O) groups is 1. The molecule has 2 aromatic carbocycles. The summed E-state index contributed by atoms with van der Waals surface area (Å²) < 4.78 is 11.5. The number of ether oxygens (including phenoxy) is 2. The topological polar surface area (TPSA) is 47.6 Å². The zero-order chi connectivity index (χ0) is 18.7. The quantitative estimate of drug-likeness (QED) is 0.887. The van der Waals surface area contributed by atoms with Crippen molar-refractivity contribution in [3.63, 3.8) is 0 Å². The van der Waals surface area contributed by atoms with Crippen LogP contribution in [-0.2, 0) is 10.2 Å². The van der Waals surface area contributed by atoms with E-state index in [0.29, 0.717) is 12.4 Å². The highest BCUT2D eigenvalue weighted by Gasteiger charge is 2.25. The Morgan fingerprint density at radius 1 is 1.15 bits per heavy atom. The maximum atomic E-state index is 12.6. The van der Waals surface area contributed by atoms with E-state index in [1.807, 2.05) is 36.4 Å². The van der Waals surface area contributed by atoms with E-state index in [1.165, 1.54) is 5.56 Å². The Balaban J connectivity index is 1.62. The highest BCUT2D eigenvalue weighted by molar-refractivity contribution is 5.81. The molecule has 2 atom stereocenters. The van der Waals surface area contributed by atoms with Crippen molar-refractivity contribution in [2.75, 3.05) is 6.61 Å². The summed E-state index contributed by atoms with van der Waals surface area (Å²) in [5.74, 6) is 1.43. The monoisotopic (exact) mass is 353 g/mol. The summed E-state index contributed by atoms with van der Waals surface area (Å²) in [6, 6.07) is 15.7. The predicted molar refractivity (Wildman–Crippen MR) is 103 cm³/mol. The van der Waals surface area contributed by atoms with Crippen LogP contribution in [0.5, 0.6) is 11.5 Å². The molecular weight excluding hydrogens is 326 g/mol. The van der Waals surface area contributed by atoms with Crippen molar-refractivity contribution in [3.8, 4) is 11.5 Å². The molecule has 0 bridgehead atoms. The molecule has 138 valence electrons. The van der Waals surface area contributed by atoms with E-state index >= 15 is 0 Å². The van der Waals surface area contributed by atoms with Crippen LogP contribution in [0.1, 0.15) is 51.3 Å². The Morgan fingerprint density at radius 3 is 2.54 bits per heavy atom. The summed E-state index contributed by atoms with van der Waals surface area (Å²) in [6.45, 7) is 8.89. The number of carbonyl (C=O) groups excluding carboxylic acids is 1. The Kier molecular flexibility index (Phi) is 5.21. The fourth-order valence-corrected chi connectivity index (χ4v) is 3.07. The van der Waals surface area contributed by atoms with Gasteiger partial charge in [-0.3, -0.25) is 4.79 Å². The molecule has 3 rings (SSSR count). The van der Waals surface area contributed by atoms with Crippen LogP contribution in [0.4, 0.5) is 0 Å². The van der Waals surface area contributed by atoms with Crippen molar-refractivity contribution in [2.24, 2.45) is 0 Å². The highest BCUT2D eigenvalue weighted by atomic mass is 16.5. The minimum absolute atomic E-state index is 0.0400. The minimum atomic E-state index is -0.564. The van der Waals surface area contributed by atoms with Gasteiger partial charge < -0.3 is 14.8 Å². The normalized spacial score (nSPS) is 17.6. The van der Waals surface area contributed by atoms with E-state index < -0.39 is 6.10 Å². The number of para-hydroxylation sites is 1. The lowest BCUT2D eigenvalue weighted by molar-refractivity contribution is -0.128. The molecule has 1 amide bonds. The van der Waals surface area contributed by atoms with Crippen molar-refractivity contribution in [3.05, 3.63) is 59.7 Å². The van der Waals surface area contributed by atoms with Gasteiger partial charge in [0.1, 0.15) is 11.5 Å². The van der Waals surface area contributed by atoms with Crippen molar-refractivity contribution in [2.45, 2.75) is 51.7 Å². The molecule has 2 aromatic rings. The Hall–Kier alpha value is -2.49. The molecular formula is C22H27NO3. The van der Waals surface area contributed by atoms with Gasteiger partial charge in [0.25, 0.3) is 5.91 Å². The van der Waals surface area contributed by atoms with Gasteiger partial charge in [-0.1, -0.05) is 51.1 Å². The van der Waals surface area contributed by atoms with Gasteiger partial charge in [-0.15, -0.1) is 0 Å². The molecule has 2 unspecified atom stereocenters. The third kappa shape index (κ3) is 4.18. The first-order valence-corrected chi connectivity index (χ1v) is 9.14. The molecule has 0 aliphatic carbocycles. The summed E-state index contributed by atoms with van der Waals surface area (Å²) in [7, 11) is 0. The lowest BCUT2D eigenvalue weighted by Crippen LogP contribution is -2.40. The van der Waals surface area contributed by atoms with Gasteiger partial charge in [0, 0.05) is 12.0 Å². The van der Waals surface area contributed by atoms with Gasteiger partial charge in [-0.2, -0.15) is 0 Å². The van der Waals surface area contributed by atoms with Crippen molar-refractivity contribution >= 4 is 5.91 Å². The highest BCUT2D eigenvalue weighted by Crippen LogP contribution is 2.31. The summed E-state index contributed by atoms with van der Waals surface area (Å²) in [5.41, 5.74) is 2.35. The van der Waals surface area contributed by atoms with Crippen LogP contribution in [0, 0.1) is 0 Å². The van der Waals surface area contributed by atoms with Crippen LogP contribution in [0.15, 0.2) is 48.5 Å². The number of benzene rings is 2. The molecule has 0 saturated carbocycles. The maximum Gasteiger partial charge on any atom is 0.261 e. The standard InChI is InChI=1S/C22H27NO3/c1-15(26-17-11-9-16(10-12-17)22(2,3)4)21(24)23-19-13-14-25-20-8-6-5-7-18(19)20/h5-12,15,19H,13-14H2,1-4H3,(H,23,24). The first-order valence-electron chi connectivity index (χ1n) is 9.14. The van der Waals surface area contributed by atoms with E-state index in [9.17, 15) is 4.79 Å². The zero-order valence-corrected chi connectivity index (χ0v) is 15.9. The second kappa shape index (κ2) is 7.40. The molecule has 4 nitrogen and oxygen atoms in total. The first kappa shape index (κ1) is 18.3. The summed E-state index contributed by atoms with van der Waals surface area (Å²) in [5, 5.41) is 3.09. The van der Waals surface area contributed by atoms with Crippen LogP contribution in [0.3, 0.4) is 0 Å². The number of fused-ring (bicyclic) bond motifs is 1. The zero-order valence-electron chi connectivity index (χ0n) is 15.9. The second-order valence-corrected chi connectivity index (χ2v) is 7.77. The van der Waals surface area contributed by atoms with Crippen LogP contribution >= 0.6 is 0 Å². The van der Waals surface area contributed by atoms with Crippen LogP contribution in [0.25, 0.3) is 0 Å². The van der Waals surface area contributed by atoms with E-state index in [4.69, 9.17) is 9.47 Å². The summed E-state index contributed by atoms with van der Waals surface area (Å²) in [6.07, 6.45) is 0.195. The SMILES string of the molecule is CC(Oc1ccc(C(C)(C)C)cc1)C(=O)NC1CCOc2ccccc21. The van der Waals surface area contributed by atoms with Gasteiger partial charge in [0.2, 0.25) is 0 Å². The molecule has 1 aliphatic rings. The van der Waals surface area contributed by atoms with E-state index in [0.717, 1.165) is 17.7 Å². The maximum absolute atomic E-state index is 12.6. The fraction of sp³-hybridized carbons (Fsp3) is 0.409. The number of amides is 1. The molecule has 0 aromatic heterocycles. The first-order chi connectivity index (χ1) is 12.3. The number of nitrogens with one attached hydrogen (secondary N) is 1. The largest absolute Gasteiger partial charge is 0.493 e. The van der Waals surface area contributed by atoms with Gasteiger partial charge >= 0.3 is 0 Å². The molecule has 0 radical (unpaired) electrons. The van der Waals surface area contributed by atoms with Gasteiger partial charge in [0.05, 0.1) is 12.6 Å². The average molecular weight is 353 g/mol. The lowest BCUT2D eigenvalue weighted by atomic mass is 9.87. The molecule has 0 spiro atoms. The molecule has 1 N–H and O–H groups in total. The minimum Gasteiger partial charge on any atom is -0.493 e. The van der Waals surface area contributed by atoms with E-state index in [1.54, 1.807) is 6.92 Å². The molecule has 1 aliphatic heterocycles. The molecule has 4 heteroatoms. The number of hydrogen-bond donors (Lipinski definition) is 1. The van der Waals surface area contributed by atoms with Gasteiger partial charge in [-0.05, 0) is 36.1 Å². The Labute approximate surface area is 155 Å². The van der Waals surface area contributed by atoms with Gasteiger partial charge in [0.15, 0.2) is 6.10 Å². The van der Waals surface area contributed by atoms with Gasteiger partial charge in [-0.25, -0.2) is 0 Å². The van der Waals surface area contributed by atoms with Crippen molar-refractivity contribution in [1.29, 1.82) is 0 Å². The summed E-state index contributed by atoms with van der Waals surface area (Å²) >= 11 is 0. The summed E-state index contributed by atoms with van der Waals surface area (Å²) in [4.78, 5) is 12.6. The fourth-order valence-electron chi connectivity index (χ4n) is 3.07. The van der Waals surface area contributed by atoms with Crippen LogP contribution < -0.4 is 14.8 Å². The van der Waals surface area contributed by atoms with Crippen LogP contribution in [0.2, 0.25) is 0 Å². The number of hydrogen-bond acceptors (Lipinski definition) is 3. The number of rotatable bonds is 4. The molecule has 0 saturated heterocycles. The van der Waals surface area contributed by atoms with E-state index in [2.05, 4.69) is 38.2 Å². The average Bonchev–Trinajstić information content (AvgIpc) is 2.61. The third-order valence-electron chi connectivity index (χ3n) is 4.68. The second-order valence-electron chi connectivity index (χ2n) is 7.77. The Morgan fingerprint density at radius 2 is 1.85 bits per heavy atom. The van der Waals surface area contributed by atoms with Crippen LogP contribution in [-0.4, -0.2) is 18.6 Å². The third-order valence-corrected chi connectivity index (χ3v) is 4.68. The van der Waals surface area contributed by atoms with Crippen molar-refractivity contribution in [1.82, 2.24) is 5.32 Å². The predicted octanol–water partition coefficient (Wildman–Crippen LogP) is 4.39. The smallest absolute Gasteiger partial charge is 0.261 e. The Bertz CT molecular complexity index is 762. The lowest BCUT2D eigenvalue weighted by Gasteiger charge is -2.27. The van der Waals surface area contributed by atoms with E-state index in [-0.39, 0.29) is 17.4 Å². The van der Waals surface area contributed by atoms with Crippen molar-refractivity contribution < 1.29 is 14.3 Å². The molecule has 26 heavy (non-hydrogen) atoms. The molecule has 1 heterocycles.